The number of ether oxygens (including phenoxy) is 2. The van der Waals surface area contributed by atoms with Gasteiger partial charge in [-0.15, -0.1) is 0 Å². The summed E-state index contributed by atoms with van der Waals surface area (Å²) < 4.78 is 10.3. The lowest BCUT2D eigenvalue weighted by Gasteiger charge is -2.33. The van der Waals surface area contributed by atoms with Gasteiger partial charge in [0.25, 0.3) is 5.69 Å². The molecule has 1 aliphatic heterocycles. The molecule has 1 aromatic rings. The molecule has 2 rings (SSSR count). The number of esters is 1. The number of anilines is 1. The van der Waals surface area contributed by atoms with Crippen LogP contribution in [0, 0.1) is 10.1 Å². The van der Waals surface area contributed by atoms with Gasteiger partial charge in [-0.05, 0) is 31.9 Å². The Morgan fingerprint density at radius 2 is 2.27 bits per heavy atom. The maximum absolute atomic E-state index is 12.0. The van der Waals surface area contributed by atoms with Gasteiger partial charge in [-0.1, -0.05) is 0 Å². The second-order valence-electron chi connectivity index (χ2n) is 5.12. The zero-order chi connectivity index (χ0) is 16.1. The molecule has 0 aliphatic carbocycles. The number of benzene rings is 1. The highest BCUT2D eigenvalue weighted by Gasteiger charge is 2.25. The first-order chi connectivity index (χ1) is 10.6. The second kappa shape index (κ2) is 7.22. The molecule has 1 aliphatic rings. The van der Waals surface area contributed by atoms with Crippen LogP contribution in [-0.2, 0) is 9.47 Å². The molecule has 1 saturated heterocycles. The molecule has 0 bridgehead atoms. The largest absolute Gasteiger partial charge is 0.462 e. The lowest BCUT2D eigenvalue weighted by atomic mass is 10.1. The quantitative estimate of drug-likeness (QED) is 0.472. The van der Waals surface area contributed by atoms with E-state index in [1.54, 1.807) is 20.1 Å². The van der Waals surface area contributed by atoms with Gasteiger partial charge in [0.1, 0.15) is 5.56 Å². The van der Waals surface area contributed by atoms with Crippen LogP contribution in [0.5, 0.6) is 0 Å². The average molecular weight is 308 g/mol. The van der Waals surface area contributed by atoms with Crippen molar-refractivity contribution in [2.45, 2.75) is 25.9 Å². The summed E-state index contributed by atoms with van der Waals surface area (Å²) in [6.07, 6.45) is 2.10. The number of rotatable bonds is 5. The molecule has 0 amide bonds. The molecule has 0 aromatic heterocycles. The smallest absolute Gasteiger partial charge is 0.345 e. The fourth-order valence-electron chi connectivity index (χ4n) is 2.62. The summed E-state index contributed by atoms with van der Waals surface area (Å²) >= 11 is 0. The van der Waals surface area contributed by atoms with Crippen LogP contribution in [0.4, 0.5) is 11.4 Å². The normalized spacial score (nSPS) is 18.1. The Balaban J connectivity index is 2.31. The van der Waals surface area contributed by atoms with Crippen molar-refractivity contribution < 1.29 is 19.2 Å². The number of nitro groups is 1. The first-order valence-electron chi connectivity index (χ1n) is 7.30. The van der Waals surface area contributed by atoms with E-state index >= 15 is 0 Å². The minimum Gasteiger partial charge on any atom is -0.462 e. The Bertz CT molecular complexity index is 561. The summed E-state index contributed by atoms with van der Waals surface area (Å²) in [6, 6.07) is 4.56. The number of nitro benzene ring substituents is 1. The van der Waals surface area contributed by atoms with Crippen molar-refractivity contribution >= 4 is 17.3 Å². The molecule has 1 atom stereocenters. The van der Waals surface area contributed by atoms with E-state index in [4.69, 9.17) is 9.47 Å². The van der Waals surface area contributed by atoms with Crippen molar-refractivity contribution in [3.63, 3.8) is 0 Å². The van der Waals surface area contributed by atoms with Crippen LogP contribution in [0.25, 0.3) is 0 Å². The maximum atomic E-state index is 12.0. The third-order valence-corrected chi connectivity index (χ3v) is 3.75. The van der Waals surface area contributed by atoms with Crippen LogP contribution in [-0.4, -0.2) is 43.8 Å². The number of hydrogen-bond donors (Lipinski definition) is 0. The van der Waals surface area contributed by atoms with Crippen molar-refractivity contribution in [1.29, 1.82) is 0 Å². The molecule has 7 heteroatoms. The van der Waals surface area contributed by atoms with Gasteiger partial charge in [-0.25, -0.2) is 4.79 Å². The highest BCUT2D eigenvalue weighted by Crippen LogP contribution is 2.28. The standard InChI is InChI=1S/C15H20N2O5/c1-3-22-15(18)13-9-11(6-7-14(13)17(19)20)16-8-4-5-12(10-16)21-2/h6-7,9,12H,3-5,8,10H2,1-2H3. The van der Waals surface area contributed by atoms with Crippen LogP contribution >= 0.6 is 0 Å². The van der Waals surface area contributed by atoms with E-state index in [0.29, 0.717) is 6.54 Å². The first kappa shape index (κ1) is 16.2. The van der Waals surface area contributed by atoms with Gasteiger partial charge >= 0.3 is 5.97 Å². The Labute approximate surface area is 129 Å². The first-order valence-corrected chi connectivity index (χ1v) is 7.30. The van der Waals surface area contributed by atoms with Crippen LogP contribution in [0.3, 0.4) is 0 Å². The van der Waals surface area contributed by atoms with Gasteiger partial charge in [-0.2, -0.15) is 0 Å². The van der Waals surface area contributed by atoms with E-state index in [0.717, 1.165) is 25.1 Å². The molecule has 0 spiro atoms. The molecule has 120 valence electrons. The zero-order valence-electron chi connectivity index (χ0n) is 12.8. The molecule has 22 heavy (non-hydrogen) atoms. The molecule has 0 N–H and O–H groups in total. The molecular weight excluding hydrogens is 288 g/mol. The number of piperidine rings is 1. The summed E-state index contributed by atoms with van der Waals surface area (Å²) in [5.41, 5.74) is 0.529. The Morgan fingerprint density at radius 1 is 1.50 bits per heavy atom. The van der Waals surface area contributed by atoms with Crippen LogP contribution in [0.2, 0.25) is 0 Å². The molecule has 1 heterocycles. The highest BCUT2D eigenvalue weighted by atomic mass is 16.6. The molecule has 1 unspecified atom stereocenters. The summed E-state index contributed by atoms with van der Waals surface area (Å²) in [6.45, 7) is 3.38. The van der Waals surface area contributed by atoms with E-state index in [-0.39, 0.29) is 24.0 Å². The summed E-state index contributed by atoms with van der Waals surface area (Å²) in [5, 5.41) is 11.1. The second-order valence-corrected chi connectivity index (χ2v) is 5.12. The van der Waals surface area contributed by atoms with Crippen LogP contribution < -0.4 is 4.90 Å². The van der Waals surface area contributed by atoms with Crippen LogP contribution in [0.1, 0.15) is 30.1 Å². The topological polar surface area (TPSA) is 81.9 Å². The lowest BCUT2D eigenvalue weighted by molar-refractivity contribution is -0.385. The molecule has 7 nitrogen and oxygen atoms in total. The molecule has 1 aromatic carbocycles. The SMILES string of the molecule is CCOC(=O)c1cc(N2CCCC(OC)C2)ccc1[N+](=O)[O-]. The lowest BCUT2D eigenvalue weighted by Crippen LogP contribution is -2.39. The maximum Gasteiger partial charge on any atom is 0.345 e. The van der Waals surface area contributed by atoms with E-state index in [9.17, 15) is 14.9 Å². The van der Waals surface area contributed by atoms with Gasteiger partial charge in [0.15, 0.2) is 0 Å². The number of nitrogens with zero attached hydrogens (tertiary/aromatic N) is 2. The number of carbonyl (C=O) groups excluding carboxylic acids is 1. The van der Waals surface area contributed by atoms with Crippen molar-refractivity contribution in [3.05, 3.63) is 33.9 Å². The van der Waals surface area contributed by atoms with Crippen molar-refractivity contribution in [3.8, 4) is 0 Å². The predicted octanol–water partition coefficient (Wildman–Crippen LogP) is 2.39. The molecular formula is C15H20N2O5. The van der Waals surface area contributed by atoms with Gasteiger partial charge < -0.3 is 14.4 Å². The predicted molar refractivity (Wildman–Crippen MR) is 81.3 cm³/mol. The molecule has 1 fully saturated rings. The third-order valence-electron chi connectivity index (χ3n) is 3.75. The Kier molecular flexibility index (Phi) is 5.32. The Hall–Kier alpha value is -2.15. The monoisotopic (exact) mass is 308 g/mol. The van der Waals surface area contributed by atoms with Gasteiger partial charge in [0, 0.05) is 32.0 Å². The number of methoxy groups -OCH3 is 1. The summed E-state index contributed by atoms with van der Waals surface area (Å²) in [7, 11) is 1.67. The molecule has 0 saturated carbocycles. The van der Waals surface area contributed by atoms with E-state index in [1.165, 1.54) is 12.1 Å². The number of hydrogen-bond acceptors (Lipinski definition) is 6. The zero-order valence-corrected chi connectivity index (χ0v) is 12.8. The Morgan fingerprint density at radius 3 is 2.91 bits per heavy atom. The summed E-state index contributed by atoms with van der Waals surface area (Å²) in [4.78, 5) is 24.5. The van der Waals surface area contributed by atoms with E-state index in [1.807, 2.05) is 0 Å². The fraction of sp³-hybridized carbons (Fsp3) is 0.533. The fourth-order valence-corrected chi connectivity index (χ4v) is 2.62. The third kappa shape index (κ3) is 3.54. The number of carbonyl (C=O) groups is 1. The van der Waals surface area contributed by atoms with E-state index in [2.05, 4.69) is 4.90 Å². The van der Waals surface area contributed by atoms with Crippen molar-refractivity contribution in [2.24, 2.45) is 0 Å². The van der Waals surface area contributed by atoms with Gasteiger partial charge in [0.2, 0.25) is 0 Å². The van der Waals surface area contributed by atoms with Crippen LogP contribution in [0.15, 0.2) is 18.2 Å². The van der Waals surface area contributed by atoms with Gasteiger partial charge in [0.05, 0.1) is 17.6 Å². The van der Waals surface area contributed by atoms with Crippen molar-refractivity contribution in [1.82, 2.24) is 0 Å². The van der Waals surface area contributed by atoms with Crippen molar-refractivity contribution in [2.75, 3.05) is 31.7 Å². The minimum absolute atomic E-state index is 0.0103. The van der Waals surface area contributed by atoms with E-state index < -0.39 is 10.9 Å². The average Bonchev–Trinajstić information content (AvgIpc) is 2.54. The molecule has 0 radical (unpaired) electrons. The van der Waals surface area contributed by atoms with Gasteiger partial charge in [-0.3, -0.25) is 10.1 Å². The summed E-state index contributed by atoms with van der Waals surface area (Å²) in [5.74, 6) is -0.670. The highest BCUT2D eigenvalue weighted by molar-refractivity contribution is 5.95. The minimum atomic E-state index is -0.670.